The Morgan fingerprint density at radius 2 is 1.68 bits per heavy atom. The van der Waals surface area contributed by atoms with E-state index < -0.39 is 0 Å². The summed E-state index contributed by atoms with van der Waals surface area (Å²) in [5.74, 6) is 0.521. The lowest BCUT2D eigenvalue weighted by molar-refractivity contribution is 0.665. The van der Waals surface area contributed by atoms with Crippen LogP contribution in [0.3, 0.4) is 0 Å². The summed E-state index contributed by atoms with van der Waals surface area (Å²) in [6, 6.07) is 27.7. The van der Waals surface area contributed by atoms with Gasteiger partial charge in [-0.25, -0.2) is 0 Å². The number of allylic oxidation sites excluding steroid dienone is 8. The summed E-state index contributed by atoms with van der Waals surface area (Å²) >= 11 is 3.99. The van der Waals surface area contributed by atoms with E-state index in [0.29, 0.717) is 5.92 Å². The minimum atomic E-state index is -0.0323. The molecular formula is C47H41NS2. The zero-order valence-electron chi connectivity index (χ0n) is 29.2. The summed E-state index contributed by atoms with van der Waals surface area (Å²) in [6.07, 6.45) is 23.2. The van der Waals surface area contributed by atoms with Gasteiger partial charge in [-0.3, -0.25) is 0 Å². The Balaban J connectivity index is 0.994. The van der Waals surface area contributed by atoms with Crippen molar-refractivity contribution in [3.05, 3.63) is 154 Å². The molecule has 0 saturated carbocycles. The van der Waals surface area contributed by atoms with Crippen LogP contribution in [0.4, 0.5) is 0 Å². The highest BCUT2D eigenvalue weighted by molar-refractivity contribution is 8.03. The smallest absolute Gasteiger partial charge is 0.0541 e. The molecule has 3 heteroatoms. The Hall–Kier alpha value is -4.18. The fourth-order valence-corrected chi connectivity index (χ4v) is 11.9. The minimum Gasteiger partial charge on any atom is -0.310 e. The second-order valence-electron chi connectivity index (χ2n) is 15.3. The van der Waals surface area contributed by atoms with Gasteiger partial charge in [0.15, 0.2) is 0 Å². The average molecular weight is 684 g/mol. The molecule has 1 aromatic heterocycles. The van der Waals surface area contributed by atoms with E-state index in [-0.39, 0.29) is 10.2 Å². The molecule has 0 amide bonds. The van der Waals surface area contributed by atoms with Crippen LogP contribution in [0.5, 0.6) is 0 Å². The largest absolute Gasteiger partial charge is 0.310 e. The van der Waals surface area contributed by atoms with Crippen molar-refractivity contribution in [2.75, 3.05) is 0 Å². The van der Waals surface area contributed by atoms with Crippen molar-refractivity contribution >= 4 is 46.2 Å². The molecule has 0 N–H and O–H groups in total. The highest BCUT2D eigenvalue weighted by Gasteiger charge is 2.39. The van der Waals surface area contributed by atoms with Gasteiger partial charge in [0.25, 0.3) is 0 Å². The molecule has 5 aromatic rings. The zero-order valence-corrected chi connectivity index (χ0v) is 30.8. The lowest BCUT2D eigenvalue weighted by Crippen LogP contribution is -2.19. The molecule has 0 fully saturated rings. The topological polar surface area (TPSA) is 4.93 Å². The molecule has 4 aliphatic carbocycles. The van der Waals surface area contributed by atoms with Crippen LogP contribution in [0.15, 0.2) is 130 Å². The van der Waals surface area contributed by atoms with E-state index in [2.05, 4.69) is 154 Å². The van der Waals surface area contributed by atoms with Gasteiger partial charge in [0.1, 0.15) is 0 Å². The first-order valence-corrected chi connectivity index (χ1v) is 19.8. The van der Waals surface area contributed by atoms with Crippen LogP contribution in [0.2, 0.25) is 0 Å². The number of hydrogen-bond donors (Lipinski definition) is 0. The quantitative estimate of drug-likeness (QED) is 0.186. The molecule has 2 heterocycles. The molecule has 5 aliphatic rings. The zero-order chi connectivity index (χ0) is 33.8. The van der Waals surface area contributed by atoms with Gasteiger partial charge in [0.05, 0.1) is 5.52 Å². The Bertz CT molecular complexity index is 2440. The summed E-state index contributed by atoms with van der Waals surface area (Å²) < 4.78 is 2.53. The predicted octanol–water partition coefficient (Wildman–Crippen LogP) is 13.3. The van der Waals surface area contributed by atoms with E-state index in [0.717, 1.165) is 25.7 Å². The van der Waals surface area contributed by atoms with E-state index in [1.165, 1.54) is 87.1 Å². The molecule has 10 rings (SSSR count). The van der Waals surface area contributed by atoms with Gasteiger partial charge in [0.2, 0.25) is 0 Å². The van der Waals surface area contributed by atoms with Crippen molar-refractivity contribution in [3.63, 3.8) is 0 Å². The highest BCUT2D eigenvalue weighted by atomic mass is 32.2. The molecule has 1 aliphatic heterocycles. The average Bonchev–Trinajstić information content (AvgIpc) is 3.76. The SMILES string of the molecule is Cc1c(SC2(C)C=CC(n3c4c(c5c6c(ccc53)-c3ccccc3C6(C)C)CCC=C4)=CC2)cccc1-c1cccc2c1SC1=CC=CCC12. The van der Waals surface area contributed by atoms with E-state index in [4.69, 9.17) is 0 Å². The fourth-order valence-electron chi connectivity index (χ4n) is 9.36. The third-order valence-corrected chi connectivity index (χ3v) is 14.6. The van der Waals surface area contributed by atoms with Crippen molar-refractivity contribution in [1.82, 2.24) is 4.57 Å². The van der Waals surface area contributed by atoms with Crippen LogP contribution < -0.4 is 0 Å². The fraction of sp³-hybridized carbons (Fsp3) is 0.234. The molecule has 0 bridgehead atoms. The Morgan fingerprint density at radius 3 is 2.56 bits per heavy atom. The van der Waals surface area contributed by atoms with Crippen LogP contribution in [0, 0.1) is 6.92 Å². The summed E-state index contributed by atoms with van der Waals surface area (Å²) in [7, 11) is 0. The number of rotatable bonds is 4. The maximum atomic E-state index is 2.56. The molecule has 0 radical (unpaired) electrons. The van der Waals surface area contributed by atoms with Crippen LogP contribution in [0.25, 0.3) is 44.9 Å². The van der Waals surface area contributed by atoms with E-state index in [9.17, 15) is 0 Å². The normalized spacial score (nSPS) is 22.1. The summed E-state index contributed by atoms with van der Waals surface area (Å²) in [5, 5.41) is 1.48. The Morgan fingerprint density at radius 1 is 0.840 bits per heavy atom. The molecular weight excluding hydrogens is 643 g/mol. The van der Waals surface area contributed by atoms with Crippen molar-refractivity contribution in [2.24, 2.45) is 0 Å². The molecule has 0 saturated heterocycles. The number of aromatic nitrogens is 1. The standard InChI is InChI=1S/C47H41NS2/c1-29-31(35-17-11-18-36-33-14-7-10-21-42(33)49-45(35)36)16-12-22-41(29)50-47(4)27-25-30(26-28-47)48-39-20-9-6-15-37(39)43-40(48)24-23-34-32-13-5-8-19-38(32)46(2,3)44(34)43/h5,7-13,16-27,33H,6,14-15,28H2,1-4H3. The molecule has 50 heavy (non-hydrogen) atoms. The van der Waals surface area contributed by atoms with Crippen molar-refractivity contribution in [3.8, 4) is 22.3 Å². The molecule has 4 aromatic carbocycles. The van der Waals surface area contributed by atoms with Crippen LogP contribution in [-0.4, -0.2) is 9.31 Å². The molecule has 246 valence electrons. The van der Waals surface area contributed by atoms with Crippen LogP contribution in [0.1, 0.15) is 79.5 Å². The van der Waals surface area contributed by atoms with Gasteiger partial charge in [-0.15, -0.1) is 11.8 Å². The Labute approximate surface area is 304 Å². The van der Waals surface area contributed by atoms with Crippen molar-refractivity contribution in [1.29, 1.82) is 0 Å². The highest BCUT2D eigenvalue weighted by Crippen LogP contribution is 2.56. The van der Waals surface area contributed by atoms with Gasteiger partial charge in [0, 0.05) is 42.6 Å². The van der Waals surface area contributed by atoms with E-state index in [1.54, 1.807) is 0 Å². The summed E-state index contributed by atoms with van der Waals surface area (Å²) in [4.78, 5) is 4.31. The predicted molar refractivity (Wildman–Crippen MR) is 216 cm³/mol. The number of thioether (sulfide) groups is 2. The molecule has 2 unspecified atom stereocenters. The maximum absolute atomic E-state index is 2.56. The first-order chi connectivity index (χ1) is 24.3. The van der Waals surface area contributed by atoms with Crippen LogP contribution in [-0.2, 0) is 11.8 Å². The number of aryl methyl sites for hydroxylation is 1. The monoisotopic (exact) mass is 683 g/mol. The molecule has 1 nitrogen and oxygen atoms in total. The number of nitrogens with zero attached hydrogens (tertiary/aromatic N) is 1. The summed E-state index contributed by atoms with van der Waals surface area (Å²) in [6.45, 7) is 9.57. The Kier molecular flexibility index (Phi) is 6.84. The third kappa shape index (κ3) is 4.42. The lowest BCUT2D eigenvalue weighted by atomic mass is 9.79. The lowest BCUT2D eigenvalue weighted by Gasteiger charge is -2.29. The van der Waals surface area contributed by atoms with Crippen LogP contribution >= 0.6 is 23.5 Å². The second-order valence-corrected chi connectivity index (χ2v) is 18.0. The van der Waals surface area contributed by atoms with Crippen molar-refractivity contribution in [2.45, 2.75) is 79.2 Å². The maximum Gasteiger partial charge on any atom is 0.0541 e. The van der Waals surface area contributed by atoms with Crippen molar-refractivity contribution < 1.29 is 0 Å². The van der Waals surface area contributed by atoms with Gasteiger partial charge in [-0.1, -0.05) is 123 Å². The van der Waals surface area contributed by atoms with E-state index in [1.807, 2.05) is 23.5 Å². The van der Waals surface area contributed by atoms with Gasteiger partial charge < -0.3 is 4.57 Å². The van der Waals surface area contributed by atoms with E-state index >= 15 is 0 Å². The minimum absolute atomic E-state index is 0.0316. The number of hydrogen-bond acceptors (Lipinski definition) is 2. The third-order valence-electron chi connectivity index (χ3n) is 11.9. The van der Waals surface area contributed by atoms with Gasteiger partial charge >= 0.3 is 0 Å². The second kappa shape index (κ2) is 11.2. The number of benzene rings is 4. The number of fused-ring (bicyclic) bond motifs is 10. The first-order valence-electron chi connectivity index (χ1n) is 18.2. The van der Waals surface area contributed by atoms with Gasteiger partial charge in [-0.05, 0) is 119 Å². The summed E-state index contributed by atoms with van der Waals surface area (Å²) in [5.41, 5.74) is 16.9. The van der Waals surface area contributed by atoms with Gasteiger partial charge in [-0.2, -0.15) is 0 Å². The molecule has 0 spiro atoms. The first kappa shape index (κ1) is 30.6. The molecule has 2 atom stereocenters.